The van der Waals surface area contributed by atoms with Crippen LogP contribution in [0, 0.1) is 13.8 Å². The molecule has 0 aromatic carbocycles. The van der Waals surface area contributed by atoms with Gasteiger partial charge in [0.05, 0.1) is 12.3 Å². The second-order valence-corrected chi connectivity index (χ2v) is 5.00. The molecule has 1 amide bonds. The van der Waals surface area contributed by atoms with Crippen molar-refractivity contribution in [2.24, 2.45) is 0 Å². The summed E-state index contributed by atoms with van der Waals surface area (Å²) in [7, 11) is 0. The maximum absolute atomic E-state index is 12.5. The van der Waals surface area contributed by atoms with Gasteiger partial charge in [0.1, 0.15) is 5.56 Å². The van der Waals surface area contributed by atoms with Gasteiger partial charge in [0.15, 0.2) is 0 Å². The minimum absolute atomic E-state index is 0.121. The minimum atomic E-state index is -0.434. The first-order chi connectivity index (χ1) is 9.54. The maximum atomic E-state index is 12.5. The van der Waals surface area contributed by atoms with Crippen LogP contribution in [-0.2, 0) is 0 Å². The molecular weight excluding hydrogens is 260 g/mol. The summed E-state index contributed by atoms with van der Waals surface area (Å²) in [6.07, 6.45) is 0. The number of aromatic nitrogens is 2. The fourth-order valence-corrected chi connectivity index (χ4v) is 2.36. The number of aromatic amines is 1. The van der Waals surface area contributed by atoms with Gasteiger partial charge in [-0.2, -0.15) is 5.10 Å². The lowest BCUT2D eigenvalue weighted by molar-refractivity contribution is 0.0612. The molecule has 0 aliphatic carbocycles. The third kappa shape index (κ3) is 2.88. The van der Waals surface area contributed by atoms with Gasteiger partial charge in [0, 0.05) is 32.7 Å². The third-order valence-corrected chi connectivity index (χ3v) is 3.76. The van der Waals surface area contributed by atoms with Crippen LogP contribution >= 0.6 is 0 Å². The summed E-state index contributed by atoms with van der Waals surface area (Å²) < 4.78 is 0. The summed E-state index contributed by atoms with van der Waals surface area (Å²) in [6, 6.07) is 0. The highest BCUT2D eigenvalue weighted by Crippen LogP contribution is 2.10. The molecule has 0 unspecified atom stereocenters. The number of nitrogens with one attached hydrogen (secondary N) is 1. The Balaban J connectivity index is 2.14. The van der Waals surface area contributed by atoms with Crippen LogP contribution < -0.4 is 5.56 Å². The van der Waals surface area contributed by atoms with Crippen LogP contribution in [0.5, 0.6) is 0 Å². The maximum Gasteiger partial charge on any atom is 0.277 e. The van der Waals surface area contributed by atoms with Crippen molar-refractivity contribution in [1.29, 1.82) is 0 Å². The van der Waals surface area contributed by atoms with Crippen molar-refractivity contribution in [2.45, 2.75) is 13.8 Å². The average Bonchev–Trinajstić information content (AvgIpc) is 2.44. The van der Waals surface area contributed by atoms with E-state index in [9.17, 15) is 9.59 Å². The van der Waals surface area contributed by atoms with Crippen LogP contribution in [0.25, 0.3) is 0 Å². The van der Waals surface area contributed by atoms with Gasteiger partial charge in [0.25, 0.3) is 11.5 Å². The number of hydrogen-bond acceptors (Lipinski definition) is 5. The lowest BCUT2D eigenvalue weighted by atomic mass is 10.1. The van der Waals surface area contributed by atoms with E-state index in [-0.39, 0.29) is 18.1 Å². The van der Waals surface area contributed by atoms with E-state index in [0.717, 1.165) is 0 Å². The zero-order chi connectivity index (χ0) is 14.7. The molecule has 1 fully saturated rings. The Morgan fingerprint density at radius 2 is 1.95 bits per heavy atom. The van der Waals surface area contributed by atoms with Crippen LogP contribution in [-0.4, -0.2) is 70.3 Å². The van der Waals surface area contributed by atoms with E-state index in [1.54, 1.807) is 18.7 Å². The number of rotatable bonds is 3. The molecule has 1 aromatic heterocycles. The van der Waals surface area contributed by atoms with Gasteiger partial charge in [-0.05, 0) is 19.4 Å². The molecule has 0 radical (unpaired) electrons. The van der Waals surface area contributed by atoms with Gasteiger partial charge in [0.2, 0.25) is 0 Å². The summed E-state index contributed by atoms with van der Waals surface area (Å²) in [5.74, 6) is -0.238. The summed E-state index contributed by atoms with van der Waals surface area (Å²) in [5, 5.41) is 15.1. The Morgan fingerprint density at radius 1 is 1.30 bits per heavy atom. The highest BCUT2D eigenvalue weighted by atomic mass is 16.3. The number of aliphatic hydroxyl groups excluding tert-OH is 1. The van der Waals surface area contributed by atoms with Crippen molar-refractivity contribution in [2.75, 3.05) is 39.3 Å². The molecule has 2 rings (SSSR count). The molecule has 7 heteroatoms. The van der Waals surface area contributed by atoms with Crippen LogP contribution in [0.3, 0.4) is 0 Å². The second kappa shape index (κ2) is 6.15. The zero-order valence-corrected chi connectivity index (χ0v) is 11.8. The van der Waals surface area contributed by atoms with Crippen LogP contribution in [0.2, 0.25) is 0 Å². The first-order valence-corrected chi connectivity index (χ1v) is 6.73. The molecule has 0 spiro atoms. The highest BCUT2D eigenvalue weighted by Gasteiger charge is 2.25. The number of nitrogens with zero attached hydrogens (tertiary/aromatic N) is 3. The van der Waals surface area contributed by atoms with Crippen molar-refractivity contribution >= 4 is 5.91 Å². The van der Waals surface area contributed by atoms with Gasteiger partial charge >= 0.3 is 0 Å². The van der Waals surface area contributed by atoms with Crippen molar-refractivity contribution in [3.05, 3.63) is 27.2 Å². The van der Waals surface area contributed by atoms with E-state index < -0.39 is 5.56 Å². The second-order valence-electron chi connectivity index (χ2n) is 5.00. The number of carbonyl (C=O) groups is 1. The molecule has 1 aromatic rings. The zero-order valence-electron chi connectivity index (χ0n) is 11.8. The van der Waals surface area contributed by atoms with E-state index in [0.29, 0.717) is 44.0 Å². The van der Waals surface area contributed by atoms with Crippen LogP contribution in [0.4, 0.5) is 0 Å². The van der Waals surface area contributed by atoms with Crippen molar-refractivity contribution in [3.63, 3.8) is 0 Å². The third-order valence-electron chi connectivity index (χ3n) is 3.76. The summed E-state index contributed by atoms with van der Waals surface area (Å²) in [6.45, 7) is 6.82. The predicted octanol–water partition coefficient (Wildman–Crippen LogP) is -0.863. The van der Waals surface area contributed by atoms with Gasteiger partial charge in [-0.3, -0.25) is 14.5 Å². The fraction of sp³-hybridized carbons (Fsp3) is 0.615. The monoisotopic (exact) mass is 280 g/mol. The smallest absolute Gasteiger partial charge is 0.277 e. The molecular formula is C13H20N4O3. The Morgan fingerprint density at radius 3 is 2.55 bits per heavy atom. The first-order valence-electron chi connectivity index (χ1n) is 6.73. The Bertz CT molecular complexity index is 547. The number of hydrogen-bond donors (Lipinski definition) is 2. The van der Waals surface area contributed by atoms with E-state index in [4.69, 9.17) is 5.11 Å². The van der Waals surface area contributed by atoms with Crippen molar-refractivity contribution < 1.29 is 9.90 Å². The lowest BCUT2D eigenvalue weighted by Crippen LogP contribution is -2.50. The molecule has 0 atom stereocenters. The molecule has 2 N–H and O–H groups in total. The van der Waals surface area contributed by atoms with Crippen molar-refractivity contribution in [1.82, 2.24) is 20.0 Å². The lowest BCUT2D eigenvalue weighted by Gasteiger charge is -2.34. The van der Waals surface area contributed by atoms with Crippen molar-refractivity contribution in [3.8, 4) is 0 Å². The van der Waals surface area contributed by atoms with E-state index in [2.05, 4.69) is 15.1 Å². The predicted molar refractivity (Wildman–Crippen MR) is 73.8 cm³/mol. The standard InChI is InChI=1S/C13H20N4O3/c1-9-10(2)14-15-12(19)11(9)13(20)17-5-3-16(4-6-17)7-8-18/h18H,3-8H2,1-2H3,(H,15,19). The van der Waals surface area contributed by atoms with Gasteiger partial charge in [-0.15, -0.1) is 0 Å². The fourth-order valence-electron chi connectivity index (χ4n) is 2.36. The number of aliphatic hydroxyl groups is 1. The first kappa shape index (κ1) is 14.7. The molecule has 110 valence electrons. The molecule has 7 nitrogen and oxygen atoms in total. The Labute approximate surface area is 117 Å². The van der Waals surface area contributed by atoms with E-state index in [1.165, 1.54) is 0 Å². The number of H-pyrrole nitrogens is 1. The highest BCUT2D eigenvalue weighted by molar-refractivity contribution is 5.95. The van der Waals surface area contributed by atoms with E-state index in [1.807, 2.05) is 0 Å². The number of carbonyl (C=O) groups excluding carboxylic acids is 1. The summed E-state index contributed by atoms with van der Waals surface area (Å²) >= 11 is 0. The molecule has 1 saturated heterocycles. The summed E-state index contributed by atoms with van der Waals surface area (Å²) in [4.78, 5) is 28.1. The van der Waals surface area contributed by atoms with Crippen LogP contribution in [0.1, 0.15) is 21.6 Å². The van der Waals surface area contributed by atoms with E-state index >= 15 is 0 Å². The van der Waals surface area contributed by atoms with Gasteiger partial charge in [-0.25, -0.2) is 5.10 Å². The number of amides is 1. The SMILES string of the molecule is Cc1n[nH]c(=O)c(C(=O)N2CCN(CCO)CC2)c1C. The number of piperazine rings is 1. The Kier molecular flexibility index (Phi) is 4.51. The largest absolute Gasteiger partial charge is 0.395 e. The molecule has 0 bridgehead atoms. The van der Waals surface area contributed by atoms with Gasteiger partial charge in [-0.1, -0.05) is 0 Å². The molecule has 1 aliphatic rings. The van der Waals surface area contributed by atoms with Gasteiger partial charge < -0.3 is 10.0 Å². The number of β-amino-alcohol motifs (C(OH)–C–C–N with tert-alkyl or cyclic N) is 1. The molecule has 0 saturated carbocycles. The normalized spacial score (nSPS) is 16.4. The number of aryl methyl sites for hydroxylation is 1. The molecule has 20 heavy (non-hydrogen) atoms. The topological polar surface area (TPSA) is 89.5 Å². The van der Waals surface area contributed by atoms with Crippen LogP contribution in [0.15, 0.2) is 4.79 Å². The molecule has 1 aliphatic heterocycles. The molecule has 2 heterocycles. The minimum Gasteiger partial charge on any atom is -0.395 e. The Hall–Kier alpha value is -1.73. The average molecular weight is 280 g/mol. The summed E-state index contributed by atoms with van der Waals surface area (Å²) in [5.41, 5.74) is 1.05. The quantitative estimate of drug-likeness (QED) is 0.752.